The molecule has 1 N–H and O–H groups in total. The number of carbonyl (C=O) groups is 1. The standard InChI is InChI=1S/C20H22N2O3S2/c1-14-9-10-16-17(13-21)20(26-18(16)12-14)22-19(23)8-5-11-27(24,25)15-6-3-2-4-7-15/h2-4,6-7,14H,5,8-12H2,1H3,(H,22,23)/t14-/m1/s1. The Balaban J connectivity index is 1.60. The number of hydrogen-bond donors (Lipinski definition) is 1. The normalized spacial score (nSPS) is 16.4. The van der Waals surface area contributed by atoms with E-state index in [1.807, 2.05) is 0 Å². The molecule has 1 atom stereocenters. The number of amides is 1. The van der Waals surface area contributed by atoms with E-state index in [1.165, 1.54) is 16.2 Å². The van der Waals surface area contributed by atoms with Gasteiger partial charge in [0.1, 0.15) is 11.1 Å². The smallest absolute Gasteiger partial charge is 0.225 e. The Bertz CT molecular complexity index is 973. The zero-order chi connectivity index (χ0) is 19.4. The summed E-state index contributed by atoms with van der Waals surface area (Å²) in [5.74, 6) is 0.268. The van der Waals surface area contributed by atoms with Crippen LogP contribution in [0.25, 0.3) is 0 Å². The fourth-order valence-corrected chi connectivity index (χ4v) is 6.02. The monoisotopic (exact) mass is 402 g/mol. The number of fused-ring (bicyclic) bond motifs is 1. The number of nitriles is 1. The minimum Gasteiger partial charge on any atom is -0.317 e. The molecule has 2 aromatic rings. The first-order chi connectivity index (χ1) is 12.9. The lowest BCUT2D eigenvalue weighted by atomic mass is 9.89. The maximum atomic E-state index is 12.3. The Hall–Kier alpha value is -2.17. The van der Waals surface area contributed by atoms with Crippen LogP contribution in [0.4, 0.5) is 5.00 Å². The fraction of sp³-hybridized carbons (Fsp3) is 0.400. The molecular formula is C20H22N2O3S2. The van der Waals surface area contributed by atoms with Gasteiger partial charge in [0, 0.05) is 11.3 Å². The van der Waals surface area contributed by atoms with E-state index in [0.29, 0.717) is 16.5 Å². The highest BCUT2D eigenvalue weighted by atomic mass is 32.2. The number of thiophene rings is 1. The molecule has 7 heteroatoms. The lowest BCUT2D eigenvalue weighted by molar-refractivity contribution is -0.116. The van der Waals surface area contributed by atoms with Crippen molar-refractivity contribution in [1.82, 2.24) is 0 Å². The molecule has 27 heavy (non-hydrogen) atoms. The van der Waals surface area contributed by atoms with Crippen molar-refractivity contribution in [3.63, 3.8) is 0 Å². The molecule has 0 saturated heterocycles. The zero-order valence-electron chi connectivity index (χ0n) is 15.2. The van der Waals surface area contributed by atoms with E-state index in [2.05, 4.69) is 18.3 Å². The predicted molar refractivity (Wildman–Crippen MR) is 107 cm³/mol. The van der Waals surface area contributed by atoms with Gasteiger partial charge >= 0.3 is 0 Å². The molecule has 0 fully saturated rings. The van der Waals surface area contributed by atoms with Gasteiger partial charge in [-0.3, -0.25) is 4.79 Å². The molecule has 1 aromatic carbocycles. The van der Waals surface area contributed by atoms with Gasteiger partial charge in [-0.1, -0.05) is 25.1 Å². The molecule has 0 bridgehead atoms. The zero-order valence-corrected chi connectivity index (χ0v) is 16.8. The Morgan fingerprint density at radius 3 is 2.78 bits per heavy atom. The number of nitrogens with one attached hydrogen (secondary N) is 1. The molecule has 142 valence electrons. The molecule has 1 aromatic heterocycles. The molecule has 0 aliphatic heterocycles. The quantitative estimate of drug-likeness (QED) is 0.793. The van der Waals surface area contributed by atoms with E-state index >= 15 is 0 Å². The number of rotatable bonds is 6. The van der Waals surface area contributed by atoms with Crippen molar-refractivity contribution in [1.29, 1.82) is 5.26 Å². The van der Waals surface area contributed by atoms with Crippen LogP contribution in [0.5, 0.6) is 0 Å². The molecule has 0 unspecified atom stereocenters. The summed E-state index contributed by atoms with van der Waals surface area (Å²) in [4.78, 5) is 13.7. The van der Waals surface area contributed by atoms with Crippen LogP contribution in [-0.2, 0) is 27.5 Å². The first-order valence-electron chi connectivity index (χ1n) is 9.03. The Kier molecular flexibility index (Phi) is 5.98. The highest BCUT2D eigenvalue weighted by Crippen LogP contribution is 2.39. The third-order valence-electron chi connectivity index (χ3n) is 4.80. The van der Waals surface area contributed by atoms with E-state index < -0.39 is 9.84 Å². The van der Waals surface area contributed by atoms with Gasteiger partial charge in [0.15, 0.2) is 9.84 Å². The fourth-order valence-electron chi connectivity index (χ4n) is 3.31. The van der Waals surface area contributed by atoms with Crippen molar-refractivity contribution in [2.45, 2.75) is 43.9 Å². The molecule has 0 radical (unpaired) electrons. The van der Waals surface area contributed by atoms with Crippen LogP contribution in [0.15, 0.2) is 35.2 Å². The predicted octanol–water partition coefficient (Wildman–Crippen LogP) is 3.94. The van der Waals surface area contributed by atoms with Crippen molar-refractivity contribution in [2.24, 2.45) is 5.92 Å². The van der Waals surface area contributed by atoms with Gasteiger partial charge in [0.25, 0.3) is 0 Å². The van der Waals surface area contributed by atoms with E-state index in [-0.39, 0.29) is 29.4 Å². The van der Waals surface area contributed by atoms with Gasteiger partial charge in [-0.15, -0.1) is 11.3 Å². The van der Waals surface area contributed by atoms with E-state index in [4.69, 9.17) is 0 Å². The first-order valence-corrected chi connectivity index (χ1v) is 11.5. The number of hydrogen-bond acceptors (Lipinski definition) is 5. The van der Waals surface area contributed by atoms with Gasteiger partial charge in [-0.25, -0.2) is 8.42 Å². The number of carbonyl (C=O) groups excluding carboxylic acids is 1. The minimum absolute atomic E-state index is 0.0754. The molecule has 0 spiro atoms. The minimum atomic E-state index is -3.38. The SMILES string of the molecule is C[C@@H]1CCc2c(sc(NC(=O)CCCS(=O)(=O)c3ccccc3)c2C#N)C1. The van der Waals surface area contributed by atoms with Crippen LogP contribution in [0.2, 0.25) is 0 Å². The van der Waals surface area contributed by atoms with Gasteiger partial charge < -0.3 is 5.32 Å². The molecule has 1 amide bonds. The summed E-state index contributed by atoms with van der Waals surface area (Å²) in [6, 6.07) is 10.5. The van der Waals surface area contributed by atoms with Crippen molar-refractivity contribution in [3.05, 3.63) is 46.3 Å². The Morgan fingerprint density at radius 2 is 2.07 bits per heavy atom. The lowest BCUT2D eigenvalue weighted by Gasteiger charge is -2.17. The highest BCUT2D eigenvalue weighted by Gasteiger charge is 2.24. The Morgan fingerprint density at radius 1 is 1.33 bits per heavy atom. The van der Waals surface area contributed by atoms with Crippen LogP contribution >= 0.6 is 11.3 Å². The Labute approximate surface area is 164 Å². The van der Waals surface area contributed by atoms with Gasteiger partial charge in [0.05, 0.1) is 16.2 Å². The highest BCUT2D eigenvalue weighted by molar-refractivity contribution is 7.91. The molecule has 1 heterocycles. The summed E-state index contributed by atoms with van der Waals surface area (Å²) in [7, 11) is -3.38. The second kappa shape index (κ2) is 8.24. The van der Waals surface area contributed by atoms with Crippen molar-refractivity contribution < 1.29 is 13.2 Å². The second-order valence-corrected chi connectivity index (χ2v) is 10.2. The molecule has 3 rings (SSSR count). The van der Waals surface area contributed by atoms with Crippen LogP contribution in [0.3, 0.4) is 0 Å². The summed E-state index contributed by atoms with van der Waals surface area (Å²) in [5, 5.41) is 12.9. The number of benzene rings is 1. The summed E-state index contributed by atoms with van der Waals surface area (Å²) in [6.45, 7) is 2.19. The van der Waals surface area contributed by atoms with E-state index in [0.717, 1.165) is 24.8 Å². The van der Waals surface area contributed by atoms with Crippen molar-refractivity contribution in [3.8, 4) is 6.07 Å². The first kappa shape index (κ1) is 19.6. The topological polar surface area (TPSA) is 87.0 Å². The number of nitrogens with zero attached hydrogens (tertiary/aromatic N) is 1. The summed E-state index contributed by atoms with van der Waals surface area (Å²) in [6.07, 6.45) is 3.23. The molecule has 1 aliphatic carbocycles. The molecule has 0 saturated carbocycles. The summed E-state index contributed by atoms with van der Waals surface area (Å²) >= 11 is 1.48. The summed E-state index contributed by atoms with van der Waals surface area (Å²) in [5.41, 5.74) is 1.65. The van der Waals surface area contributed by atoms with Crippen LogP contribution in [0, 0.1) is 17.2 Å². The van der Waals surface area contributed by atoms with Gasteiger partial charge in [0.2, 0.25) is 5.91 Å². The van der Waals surface area contributed by atoms with E-state index in [9.17, 15) is 18.5 Å². The van der Waals surface area contributed by atoms with Crippen molar-refractivity contribution >= 4 is 32.1 Å². The molecule has 1 aliphatic rings. The van der Waals surface area contributed by atoms with Crippen LogP contribution in [-0.4, -0.2) is 20.1 Å². The maximum Gasteiger partial charge on any atom is 0.225 e. The molecular weight excluding hydrogens is 380 g/mol. The van der Waals surface area contributed by atoms with Crippen LogP contribution in [0.1, 0.15) is 42.2 Å². The third kappa shape index (κ3) is 4.57. The number of sulfone groups is 1. The van der Waals surface area contributed by atoms with Crippen LogP contribution < -0.4 is 5.32 Å². The number of anilines is 1. The van der Waals surface area contributed by atoms with Gasteiger partial charge in [-0.2, -0.15) is 5.26 Å². The van der Waals surface area contributed by atoms with E-state index in [1.54, 1.807) is 30.3 Å². The van der Waals surface area contributed by atoms with Crippen molar-refractivity contribution in [2.75, 3.05) is 11.1 Å². The average Bonchev–Trinajstić information content (AvgIpc) is 2.98. The van der Waals surface area contributed by atoms with Gasteiger partial charge in [-0.05, 0) is 49.3 Å². The maximum absolute atomic E-state index is 12.3. The largest absolute Gasteiger partial charge is 0.317 e. The molecule has 5 nitrogen and oxygen atoms in total. The lowest BCUT2D eigenvalue weighted by Crippen LogP contribution is -2.14. The average molecular weight is 403 g/mol. The summed E-state index contributed by atoms with van der Waals surface area (Å²) < 4.78 is 24.5. The third-order valence-corrected chi connectivity index (χ3v) is 7.78. The second-order valence-electron chi connectivity index (χ2n) is 6.95.